The summed E-state index contributed by atoms with van der Waals surface area (Å²) in [6.07, 6.45) is 8.12. The normalized spacial score (nSPS) is 32.1. The molecule has 17 heteroatoms. The smallest absolute Gasteiger partial charge is 0.328 e. The number of fused-ring (bicyclic) bond motifs is 6. The molecule has 2 bridgehead atoms. The number of hydrogen-bond donors (Lipinski definition) is 6. The number of benzene rings is 2. The van der Waals surface area contributed by atoms with Crippen molar-refractivity contribution in [1.82, 2.24) is 20.1 Å². The number of carbonyl (C=O) groups is 4. The van der Waals surface area contributed by atoms with Gasteiger partial charge in [0.15, 0.2) is 17.7 Å². The lowest BCUT2D eigenvalue weighted by Gasteiger charge is -2.63. The third-order valence-corrected chi connectivity index (χ3v) is 19.7. The van der Waals surface area contributed by atoms with Crippen molar-refractivity contribution in [2.75, 3.05) is 71.6 Å². The SMILES string of the molecule is CCC(CO)OC(COC(=O)CCCC(=O)NC(C)C(=O)OCCCCC(=O)[C@]1(O)C2N(C)c3cc(C)c([C@@]4(C)CCC5CN(CCc6c4[nH]c4ccccc64)CC(O)(CC)C5)cc3C23CCN2CC=C[C@](CC)(C23)[C@H]1O)OC. The van der Waals surface area contributed by atoms with Crippen LogP contribution in [0.1, 0.15) is 146 Å². The molecular weight excluding hydrogens is 1010 g/mol. The number of Topliss-reactive ketones (excluding diaryl/α,β-unsaturated/α-hetero) is 1. The van der Waals surface area contributed by atoms with E-state index in [4.69, 9.17) is 18.9 Å². The van der Waals surface area contributed by atoms with Gasteiger partial charge < -0.3 is 54.6 Å². The summed E-state index contributed by atoms with van der Waals surface area (Å²) < 4.78 is 21.5. The molecule has 6 heterocycles. The number of nitrogens with zero attached hydrogens (tertiary/aromatic N) is 3. The number of para-hydroxylation sites is 1. The molecule has 3 fully saturated rings. The molecule has 2 aromatic carbocycles. The Morgan fingerprint density at radius 3 is 2.47 bits per heavy atom. The summed E-state index contributed by atoms with van der Waals surface area (Å²) in [4.78, 5) is 64.3. The minimum Gasteiger partial charge on any atom is -0.464 e. The number of carbonyl (C=O) groups excluding carboxylic acids is 4. The zero-order chi connectivity index (χ0) is 56.7. The number of piperidine rings is 1. The first-order chi connectivity index (χ1) is 37.8. The van der Waals surface area contributed by atoms with Crippen LogP contribution in [0.25, 0.3) is 10.9 Å². The van der Waals surface area contributed by atoms with Gasteiger partial charge >= 0.3 is 11.9 Å². The summed E-state index contributed by atoms with van der Waals surface area (Å²) in [6, 6.07) is 11.4. The van der Waals surface area contributed by atoms with Crippen LogP contribution in [0.15, 0.2) is 48.6 Å². The van der Waals surface area contributed by atoms with E-state index in [9.17, 15) is 34.8 Å². The quantitative estimate of drug-likeness (QED) is 0.0292. The molecule has 9 rings (SSSR count). The van der Waals surface area contributed by atoms with Gasteiger partial charge in [0, 0.05) is 104 Å². The lowest BCUT2D eigenvalue weighted by atomic mass is 9.47. The zero-order valence-corrected chi connectivity index (χ0v) is 48.1. The van der Waals surface area contributed by atoms with Crippen molar-refractivity contribution in [2.24, 2.45) is 11.3 Å². The van der Waals surface area contributed by atoms with Crippen molar-refractivity contribution >= 4 is 40.2 Å². The second-order valence-electron chi connectivity index (χ2n) is 24.4. The number of aliphatic hydroxyl groups excluding tert-OH is 2. The number of esters is 2. The van der Waals surface area contributed by atoms with E-state index in [-0.39, 0.29) is 51.5 Å². The van der Waals surface area contributed by atoms with Crippen LogP contribution in [0.5, 0.6) is 0 Å². The molecule has 17 nitrogen and oxygen atoms in total. The summed E-state index contributed by atoms with van der Waals surface area (Å²) in [7, 11) is 3.40. The molecule has 1 saturated carbocycles. The number of anilines is 1. The standard InChI is InChI=1S/C62H89N5O12/c1-9-42(36-68)79-52(76-8)37-78-51(71)22-16-21-50(70)63-40(5)54(72)77-31-15-14-20-49(69)62(75)56-61(27-30-67-28-17-25-60(11-3,55(61)67)57(62)73)46-33-45(39(4)32-48(46)65(56)7)58(6)26-23-41-34-59(74,10-2)38-66(35-41)29-24-44-43-18-12-13-19-47(43)64-53(44)58/h12-13,17-19,25,32-33,40-42,52,55-57,64,68,73-75H,9-11,14-16,20-24,26-31,34-38H2,1-8H3,(H,63,70)/t40?,41?,42?,52?,55?,56?,57-,58-,59?,60-,61?,62+/m1/s1. The second kappa shape index (κ2) is 23.6. The molecule has 6 N–H and O–H groups in total. The molecule has 5 aliphatic heterocycles. The first-order valence-corrected chi connectivity index (χ1v) is 29.5. The number of amides is 1. The number of ether oxygens (including phenoxy) is 4. The van der Waals surface area contributed by atoms with Crippen LogP contribution < -0.4 is 10.2 Å². The molecule has 6 aliphatic rings. The minimum absolute atomic E-state index is 0.0165. The number of rotatable bonds is 22. The van der Waals surface area contributed by atoms with Gasteiger partial charge in [-0.25, -0.2) is 4.79 Å². The summed E-state index contributed by atoms with van der Waals surface area (Å²) in [6.45, 7) is 15.8. The lowest BCUT2D eigenvalue weighted by molar-refractivity contribution is -0.202. The fraction of sp³-hybridized carbons (Fsp3) is 0.677. The fourth-order valence-electron chi connectivity index (χ4n) is 15.6. The lowest BCUT2D eigenvalue weighted by Crippen LogP contribution is -2.80. The molecular formula is C62H89N5O12. The minimum atomic E-state index is -2.16. The van der Waals surface area contributed by atoms with Crippen LogP contribution >= 0.6 is 0 Å². The number of aliphatic hydroxyl groups is 4. The van der Waals surface area contributed by atoms with Gasteiger partial charge in [-0.05, 0) is 138 Å². The Kier molecular flexibility index (Phi) is 17.6. The van der Waals surface area contributed by atoms with Crippen LogP contribution in [0.4, 0.5) is 5.69 Å². The second-order valence-corrected chi connectivity index (χ2v) is 24.4. The van der Waals surface area contributed by atoms with Crippen molar-refractivity contribution in [1.29, 1.82) is 0 Å². The Labute approximate surface area is 466 Å². The Bertz CT molecular complexity index is 2740. The number of aromatic amines is 1. The van der Waals surface area contributed by atoms with Crippen molar-refractivity contribution in [3.63, 3.8) is 0 Å². The van der Waals surface area contributed by atoms with Gasteiger partial charge in [-0.15, -0.1) is 0 Å². The maximum atomic E-state index is 15.2. The van der Waals surface area contributed by atoms with Crippen LogP contribution in [-0.4, -0.2) is 173 Å². The number of hydrogen-bond acceptors (Lipinski definition) is 15. The van der Waals surface area contributed by atoms with Crippen LogP contribution in [-0.2, 0) is 55.4 Å². The number of ketones is 1. The van der Waals surface area contributed by atoms with Crippen molar-refractivity contribution in [3.8, 4) is 0 Å². The van der Waals surface area contributed by atoms with Crippen LogP contribution in [0.2, 0.25) is 0 Å². The largest absolute Gasteiger partial charge is 0.464 e. The molecule has 13 atom stereocenters. The predicted molar refractivity (Wildman–Crippen MR) is 301 cm³/mol. The Hall–Kier alpha value is -4.72. The Balaban J connectivity index is 0.913. The topological polar surface area (TPSA) is 224 Å². The fourth-order valence-corrected chi connectivity index (χ4v) is 15.6. The van der Waals surface area contributed by atoms with Gasteiger partial charge in [0.2, 0.25) is 5.91 Å². The van der Waals surface area contributed by atoms with Gasteiger partial charge in [-0.2, -0.15) is 0 Å². The van der Waals surface area contributed by atoms with Crippen molar-refractivity contribution in [2.45, 2.75) is 190 Å². The van der Waals surface area contributed by atoms with E-state index in [2.05, 4.69) is 101 Å². The molecule has 1 aliphatic carbocycles. The molecule has 79 heavy (non-hydrogen) atoms. The van der Waals surface area contributed by atoms with E-state index in [1.54, 1.807) is 0 Å². The summed E-state index contributed by atoms with van der Waals surface area (Å²) in [5.74, 6) is -1.72. The molecule has 434 valence electrons. The van der Waals surface area contributed by atoms with Gasteiger partial charge in [-0.3, -0.25) is 24.2 Å². The van der Waals surface area contributed by atoms with E-state index in [1.807, 2.05) is 14.0 Å². The number of unbranched alkanes of at least 4 members (excludes halogenated alkanes) is 1. The highest BCUT2D eigenvalue weighted by atomic mass is 16.7. The summed E-state index contributed by atoms with van der Waals surface area (Å²) >= 11 is 0. The maximum absolute atomic E-state index is 15.2. The van der Waals surface area contributed by atoms with Gasteiger partial charge in [0.1, 0.15) is 18.8 Å². The third kappa shape index (κ3) is 10.6. The van der Waals surface area contributed by atoms with E-state index < -0.39 is 81.7 Å². The summed E-state index contributed by atoms with van der Waals surface area (Å²) in [5.41, 5.74) is 3.10. The number of aromatic nitrogens is 1. The van der Waals surface area contributed by atoms with E-state index in [0.29, 0.717) is 51.1 Å². The number of likely N-dealkylation sites (N-methyl/N-ethyl adjacent to an activating group) is 1. The predicted octanol–water partition coefficient (Wildman–Crippen LogP) is 6.04. The highest BCUT2D eigenvalue weighted by Gasteiger charge is 2.78. The molecule has 2 saturated heterocycles. The highest BCUT2D eigenvalue weighted by Crippen LogP contribution is 2.67. The zero-order valence-electron chi connectivity index (χ0n) is 48.1. The van der Waals surface area contributed by atoms with Gasteiger partial charge in [0.05, 0.1) is 31.0 Å². The van der Waals surface area contributed by atoms with E-state index in [0.717, 1.165) is 74.1 Å². The van der Waals surface area contributed by atoms with Crippen LogP contribution in [0.3, 0.4) is 0 Å². The summed E-state index contributed by atoms with van der Waals surface area (Å²) in [5, 5.41) is 51.6. The van der Waals surface area contributed by atoms with Crippen molar-refractivity contribution < 1.29 is 58.6 Å². The van der Waals surface area contributed by atoms with E-state index in [1.165, 1.54) is 36.2 Å². The van der Waals surface area contributed by atoms with Crippen molar-refractivity contribution in [3.05, 3.63) is 76.5 Å². The Morgan fingerprint density at radius 2 is 1.73 bits per heavy atom. The monoisotopic (exact) mass is 1100 g/mol. The average molecular weight is 1100 g/mol. The van der Waals surface area contributed by atoms with Crippen LogP contribution in [0, 0.1) is 18.3 Å². The molecule has 1 spiro atoms. The first-order valence-electron chi connectivity index (χ1n) is 29.5. The Morgan fingerprint density at radius 1 is 0.949 bits per heavy atom. The first kappa shape index (κ1) is 58.9. The van der Waals surface area contributed by atoms with Gasteiger partial charge in [0.25, 0.3) is 0 Å². The number of methoxy groups -OCH3 is 1. The molecule has 1 aromatic heterocycles. The molecule has 0 radical (unpaired) electrons. The number of H-pyrrole nitrogens is 1. The number of nitrogens with one attached hydrogen (secondary N) is 2. The highest BCUT2D eigenvalue weighted by molar-refractivity contribution is 5.92. The average Bonchev–Trinajstić information content (AvgIpc) is 2.03. The third-order valence-electron chi connectivity index (χ3n) is 19.7. The molecule has 9 unspecified atom stereocenters. The maximum Gasteiger partial charge on any atom is 0.328 e. The number of aryl methyl sites for hydroxylation is 1. The molecule has 1 amide bonds. The van der Waals surface area contributed by atoms with Gasteiger partial charge in [-0.1, -0.05) is 57.2 Å². The molecule has 3 aromatic rings. The van der Waals surface area contributed by atoms with E-state index >= 15 is 4.79 Å².